The second-order valence-corrected chi connectivity index (χ2v) is 6.27. The van der Waals surface area contributed by atoms with Crippen molar-refractivity contribution in [2.75, 3.05) is 13.1 Å². The van der Waals surface area contributed by atoms with E-state index in [1.54, 1.807) is 6.07 Å². The normalized spacial score (nSPS) is 14.9. The molecule has 128 valence electrons. The van der Waals surface area contributed by atoms with Crippen LogP contribution in [0.25, 0.3) is 5.57 Å². The Balaban J connectivity index is 2.07. The summed E-state index contributed by atoms with van der Waals surface area (Å²) in [5.41, 5.74) is 2.20. The molecule has 1 heterocycles. The first-order valence-electron chi connectivity index (χ1n) is 8.45. The molecule has 0 radical (unpaired) electrons. The third-order valence-electron chi connectivity index (χ3n) is 4.73. The van der Waals surface area contributed by atoms with Crippen molar-refractivity contribution in [1.82, 2.24) is 5.32 Å². The number of Topliss-reactive ketones (excluding diaryl/α,β-unsaturated/α-hetero) is 1. The molecule has 4 heteroatoms. The van der Waals surface area contributed by atoms with E-state index >= 15 is 0 Å². The van der Waals surface area contributed by atoms with Crippen LogP contribution in [0.1, 0.15) is 50.6 Å². The van der Waals surface area contributed by atoms with Crippen LogP contribution in [0.15, 0.2) is 55.1 Å². The van der Waals surface area contributed by atoms with Crippen molar-refractivity contribution in [2.45, 2.75) is 18.8 Å². The number of hydrogen-bond donors (Lipinski definition) is 2. The third-order valence-corrected chi connectivity index (χ3v) is 4.73. The minimum Gasteiger partial charge on any atom is -0.478 e. The molecule has 1 aliphatic rings. The van der Waals surface area contributed by atoms with Gasteiger partial charge in [-0.1, -0.05) is 49.0 Å². The number of hydrogen-bond acceptors (Lipinski definition) is 3. The van der Waals surface area contributed by atoms with E-state index in [-0.39, 0.29) is 22.8 Å². The van der Waals surface area contributed by atoms with Crippen molar-refractivity contribution in [3.63, 3.8) is 0 Å². The lowest BCUT2D eigenvalue weighted by atomic mass is 9.82. The number of nitrogens with one attached hydrogen (secondary N) is 1. The number of carboxylic acid groups (broad SMARTS) is 1. The molecule has 0 unspecified atom stereocenters. The first-order chi connectivity index (χ1) is 12.1. The van der Waals surface area contributed by atoms with Gasteiger partial charge in [0.1, 0.15) is 0 Å². The van der Waals surface area contributed by atoms with Crippen LogP contribution in [0.3, 0.4) is 0 Å². The third kappa shape index (κ3) is 3.54. The molecule has 2 N–H and O–H groups in total. The molecule has 0 saturated carbocycles. The summed E-state index contributed by atoms with van der Waals surface area (Å²) < 4.78 is 0. The predicted octanol–water partition coefficient (Wildman–Crippen LogP) is 3.75. The van der Waals surface area contributed by atoms with Crippen LogP contribution < -0.4 is 5.32 Å². The zero-order valence-electron chi connectivity index (χ0n) is 14.0. The number of carbonyl (C=O) groups is 2. The van der Waals surface area contributed by atoms with Gasteiger partial charge in [0.15, 0.2) is 5.78 Å². The summed E-state index contributed by atoms with van der Waals surface area (Å²) in [6.07, 6.45) is 1.78. The fraction of sp³-hybridized carbons (Fsp3) is 0.238. The molecule has 2 aromatic carbocycles. The van der Waals surface area contributed by atoms with Crippen molar-refractivity contribution in [3.05, 3.63) is 77.4 Å². The van der Waals surface area contributed by atoms with Crippen LogP contribution >= 0.6 is 0 Å². The lowest BCUT2D eigenvalue weighted by molar-refractivity contribution is 0.0693. The molecule has 0 amide bonds. The summed E-state index contributed by atoms with van der Waals surface area (Å²) in [4.78, 5) is 24.9. The molecule has 1 fully saturated rings. The Hall–Kier alpha value is -2.72. The van der Waals surface area contributed by atoms with Gasteiger partial charge in [-0.15, -0.1) is 0 Å². The summed E-state index contributed by atoms with van der Waals surface area (Å²) in [5, 5.41) is 12.9. The molecule has 3 rings (SSSR count). The second kappa shape index (κ2) is 7.45. The maximum absolute atomic E-state index is 13.2. The van der Waals surface area contributed by atoms with Gasteiger partial charge in [0.25, 0.3) is 0 Å². The smallest absolute Gasteiger partial charge is 0.336 e. The Labute approximate surface area is 147 Å². The van der Waals surface area contributed by atoms with Crippen LogP contribution in [-0.4, -0.2) is 29.9 Å². The lowest BCUT2D eigenvalue weighted by Crippen LogP contribution is -2.28. The fourth-order valence-electron chi connectivity index (χ4n) is 3.40. The molecule has 0 aliphatic carbocycles. The number of allylic oxidation sites excluding steroid dienone is 1. The standard InChI is InChI=1S/C21H21NO3/c1-14(15-6-3-2-4-7-15)20(23)19-17(16-10-12-22-13-11-16)8-5-9-18(19)21(24)25/h2-9,16,22H,1,10-13H2,(H,24,25). The Morgan fingerprint density at radius 3 is 2.32 bits per heavy atom. The van der Waals surface area contributed by atoms with Gasteiger partial charge >= 0.3 is 5.97 Å². The van der Waals surface area contributed by atoms with E-state index in [1.807, 2.05) is 36.4 Å². The highest BCUT2D eigenvalue weighted by atomic mass is 16.4. The van der Waals surface area contributed by atoms with Crippen LogP contribution in [0.2, 0.25) is 0 Å². The largest absolute Gasteiger partial charge is 0.478 e. The zero-order chi connectivity index (χ0) is 17.8. The van der Waals surface area contributed by atoms with E-state index in [2.05, 4.69) is 11.9 Å². The van der Waals surface area contributed by atoms with Crippen molar-refractivity contribution in [3.8, 4) is 0 Å². The molecule has 0 bridgehead atoms. The van der Waals surface area contributed by atoms with Crippen LogP contribution in [0, 0.1) is 0 Å². The van der Waals surface area contributed by atoms with E-state index in [0.29, 0.717) is 11.1 Å². The Morgan fingerprint density at radius 1 is 1.00 bits per heavy atom. The van der Waals surface area contributed by atoms with Crippen molar-refractivity contribution in [1.29, 1.82) is 0 Å². The summed E-state index contributed by atoms with van der Waals surface area (Å²) in [5.74, 6) is -1.21. The molecule has 1 saturated heterocycles. The molecule has 0 spiro atoms. The van der Waals surface area contributed by atoms with Crippen molar-refractivity contribution in [2.24, 2.45) is 0 Å². The molecule has 25 heavy (non-hydrogen) atoms. The highest BCUT2D eigenvalue weighted by molar-refractivity contribution is 6.31. The summed E-state index contributed by atoms with van der Waals surface area (Å²) in [6, 6.07) is 14.3. The van der Waals surface area contributed by atoms with Gasteiger partial charge in [-0.3, -0.25) is 4.79 Å². The van der Waals surface area contributed by atoms with Gasteiger partial charge in [0.05, 0.1) is 5.56 Å². The maximum Gasteiger partial charge on any atom is 0.336 e. The van der Waals surface area contributed by atoms with Gasteiger partial charge in [-0.05, 0) is 49.0 Å². The van der Waals surface area contributed by atoms with E-state index in [0.717, 1.165) is 31.5 Å². The fourth-order valence-corrected chi connectivity index (χ4v) is 3.40. The van der Waals surface area contributed by atoms with Gasteiger partial charge in [0.2, 0.25) is 0 Å². The Morgan fingerprint density at radius 2 is 1.68 bits per heavy atom. The van der Waals surface area contributed by atoms with E-state index in [1.165, 1.54) is 6.07 Å². The Kier molecular flexibility index (Phi) is 5.10. The molecule has 1 aliphatic heterocycles. The highest BCUT2D eigenvalue weighted by Crippen LogP contribution is 2.32. The van der Waals surface area contributed by atoms with Gasteiger partial charge in [-0.2, -0.15) is 0 Å². The summed E-state index contributed by atoms with van der Waals surface area (Å²) >= 11 is 0. The van der Waals surface area contributed by atoms with Crippen LogP contribution in [0.5, 0.6) is 0 Å². The van der Waals surface area contributed by atoms with Crippen LogP contribution in [-0.2, 0) is 0 Å². The van der Waals surface area contributed by atoms with Crippen molar-refractivity contribution >= 4 is 17.3 Å². The van der Waals surface area contributed by atoms with Gasteiger partial charge in [0, 0.05) is 11.1 Å². The topological polar surface area (TPSA) is 66.4 Å². The predicted molar refractivity (Wildman–Crippen MR) is 98.1 cm³/mol. The molecular weight excluding hydrogens is 314 g/mol. The first-order valence-corrected chi connectivity index (χ1v) is 8.45. The van der Waals surface area contributed by atoms with Crippen LogP contribution in [0.4, 0.5) is 0 Å². The average molecular weight is 335 g/mol. The van der Waals surface area contributed by atoms with Gasteiger partial charge < -0.3 is 10.4 Å². The molecule has 2 aromatic rings. The molecule has 4 nitrogen and oxygen atoms in total. The maximum atomic E-state index is 13.2. The summed E-state index contributed by atoms with van der Waals surface area (Å²) in [7, 11) is 0. The number of carbonyl (C=O) groups excluding carboxylic acids is 1. The Bertz CT molecular complexity index is 805. The van der Waals surface area contributed by atoms with Gasteiger partial charge in [-0.25, -0.2) is 4.79 Å². The molecular formula is C21H21NO3. The number of piperidine rings is 1. The number of aromatic carboxylic acids is 1. The average Bonchev–Trinajstić information content (AvgIpc) is 2.67. The SMILES string of the molecule is C=C(C(=O)c1c(C(=O)O)cccc1C1CCNCC1)c1ccccc1. The number of carboxylic acids is 1. The van der Waals surface area contributed by atoms with E-state index < -0.39 is 5.97 Å². The molecule has 0 aromatic heterocycles. The quantitative estimate of drug-likeness (QED) is 0.645. The van der Waals surface area contributed by atoms with E-state index in [4.69, 9.17) is 0 Å². The minimum atomic E-state index is -1.08. The molecule has 0 atom stereocenters. The monoisotopic (exact) mass is 335 g/mol. The van der Waals surface area contributed by atoms with Crippen molar-refractivity contribution < 1.29 is 14.7 Å². The number of rotatable bonds is 5. The number of ketones is 1. The van der Waals surface area contributed by atoms with E-state index in [9.17, 15) is 14.7 Å². The second-order valence-electron chi connectivity index (χ2n) is 6.27. The lowest BCUT2D eigenvalue weighted by Gasteiger charge is -2.25. The zero-order valence-corrected chi connectivity index (χ0v) is 14.0. The number of benzene rings is 2. The highest BCUT2D eigenvalue weighted by Gasteiger charge is 2.27. The minimum absolute atomic E-state index is 0.0538. The first kappa shape index (κ1) is 17.1. The summed E-state index contributed by atoms with van der Waals surface area (Å²) in [6.45, 7) is 5.67.